The van der Waals surface area contributed by atoms with Crippen LogP contribution in [0, 0.1) is 5.92 Å². The quantitative estimate of drug-likeness (QED) is 0.416. The van der Waals surface area contributed by atoms with Gasteiger partial charge in [0.1, 0.15) is 0 Å². The van der Waals surface area contributed by atoms with Crippen LogP contribution in [0.1, 0.15) is 65.2 Å². The van der Waals surface area contributed by atoms with E-state index in [1.807, 2.05) is 27.0 Å². The van der Waals surface area contributed by atoms with Crippen molar-refractivity contribution < 1.29 is 4.79 Å². The Balaban J connectivity index is 2.51. The van der Waals surface area contributed by atoms with Gasteiger partial charge >= 0.3 is 0 Å². The zero-order valence-corrected chi connectivity index (χ0v) is 18.6. The largest absolute Gasteiger partial charge is 0.401 e. The zero-order chi connectivity index (χ0) is 20.2. The SMILES string of the molecule is C=C(CCC(=O)NC(CNC)C1CCCCC1)SC(/C=C(/Cl)CC)=C(/C)N. The maximum Gasteiger partial charge on any atom is 0.220 e. The van der Waals surface area contributed by atoms with E-state index < -0.39 is 0 Å². The van der Waals surface area contributed by atoms with Gasteiger partial charge in [0.05, 0.1) is 0 Å². The molecule has 4 nitrogen and oxygen atoms in total. The standard InChI is InChI=1S/C21H36ClN3OS/c1-5-18(22)13-20(16(3)23)27-15(2)11-12-21(26)25-19(14-24-4)17-9-7-6-8-10-17/h13,17,19,24H,2,5-12,14,23H2,1,3-4H3,(H,25,26)/b18-13+,20-16-. The number of amides is 1. The van der Waals surface area contributed by atoms with Gasteiger partial charge in [-0.05, 0) is 56.6 Å². The van der Waals surface area contributed by atoms with Crippen molar-refractivity contribution >= 4 is 29.3 Å². The maximum absolute atomic E-state index is 12.5. The van der Waals surface area contributed by atoms with Gasteiger partial charge in [-0.2, -0.15) is 0 Å². The van der Waals surface area contributed by atoms with Gasteiger partial charge in [-0.15, -0.1) is 0 Å². The Morgan fingerprint density at radius 2 is 2.00 bits per heavy atom. The Bertz CT molecular complexity index is 550. The fourth-order valence-corrected chi connectivity index (χ4v) is 4.35. The molecular formula is C21H36ClN3OS. The second-order valence-electron chi connectivity index (χ2n) is 7.26. The van der Waals surface area contributed by atoms with Crippen LogP contribution in [0.4, 0.5) is 0 Å². The van der Waals surface area contributed by atoms with Gasteiger partial charge in [-0.25, -0.2) is 0 Å². The van der Waals surface area contributed by atoms with E-state index in [0.717, 1.165) is 27.8 Å². The van der Waals surface area contributed by atoms with Gasteiger partial charge < -0.3 is 16.4 Å². The first kappa shape index (κ1) is 24.1. The molecule has 0 aliphatic heterocycles. The lowest BCUT2D eigenvalue weighted by Crippen LogP contribution is -2.46. The molecule has 0 aromatic heterocycles. The highest BCUT2D eigenvalue weighted by atomic mass is 35.5. The van der Waals surface area contributed by atoms with Crippen LogP contribution in [0.5, 0.6) is 0 Å². The molecule has 1 fully saturated rings. The summed E-state index contributed by atoms with van der Waals surface area (Å²) in [6.07, 6.45) is 10.0. The van der Waals surface area contributed by atoms with Crippen molar-refractivity contribution in [2.45, 2.75) is 71.3 Å². The summed E-state index contributed by atoms with van der Waals surface area (Å²) in [5.41, 5.74) is 6.67. The van der Waals surface area contributed by atoms with E-state index in [2.05, 4.69) is 17.2 Å². The molecule has 0 aromatic rings. The molecule has 0 heterocycles. The van der Waals surface area contributed by atoms with Crippen molar-refractivity contribution in [3.63, 3.8) is 0 Å². The number of allylic oxidation sites excluding steroid dienone is 4. The molecule has 1 aliphatic carbocycles. The third kappa shape index (κ3) is 9.72. The molecule has 1 amide bonds. The monoisotopic (exact) mass is 413 g/mol. The van der Waals surface area contributed by atoms with Gasteiger partial charge in [0.25, 0.3) is 0 Å². The maximum atomic E-state index is 12.5. The Kier molecular flexibility index (Phi) is 11.9. The lowest BCUT2D eigenvalue weighted by Gasteiger charge is -2.31. The number of hydrogen-bond acceptors (Lipinski definition) is 4. The van der Waals surface area contributed by atoms with Gasteiger partial charge in [0.15, 0.2) is 0 Å². The van der Waals surface area contributed by atoms with Crippen LogP contribution in [-0.2, 0) is 4.79 Å². The molecule has 0 bridgehead atoms. The summed E-state index contributed by atoms with van der Waals surface area (Å²) >= 11 is 7.64. The van der Waals surface area contributed by atoms with Crippen LogP contribution in [0.3, 0.4) is 0 Å². The van der Waals surface area contributed by atoms with E-state index in [9.17, 15) is 4.79 Å². The molecule has 0 aromatic carbocycles. The molecular weight excluding hydrogens is 378 g/mol. The number of carbonyl (C=O) groups excluding carboxylic acids is 1. The van der Waals surface area contributed by atoms with Gasteiger partial charge in [0, 0.05) is 34.6 Å². The molecule has 1 unspecified atom stereocenters. The molecule has 6 heteroatoms. The minimum absolute atomic E-state index is 0.0970. The molecule has 27 heavy (non-hydrogen) atoms. The van der Waals surface area contributed by atoms with E-state index >= 15 is 0 Å². The van der Waals surface area contributed by atoms with Crippen molar-refractivity contribution in [3.8, 4) is 0 Å². The molecule has 1 aliphatic rings. The lowest BCUT2D eigenvalue weighted by atomic mass is 9.83. The molecule has 1 rings (SSSR count). The van der Waals surface area contributed by atoms with Crippen LogP contribution in [0.2, 0.25) is 0 Å². The number of thioether (sulfide) groups is 1. The fraction of sp³-hybridized carbons (Fsp3) is 0.667. The Morgan fingerprint density at radius 3 is 2.56 bits per heavy atom. The highest BCUT2D eigenvalue weighted by molar-refractivity contribution is 8.06. The summed E-state index contributed by atoms with van der Waals surface area (Å²) in [5.74, 6) is 0.684. The van der Waals surface area contributed by atoms with Crippen LogP contribution >= 0.6 is 23.4 Å². The number of hydrogen-bond donors (Lipinski definition) is 3. The summed E-state index contributed by atoms with van der Waals surface area (Å²) in [6.45, 7) is 8.77. The predicted octanol–water partition coefficient (Wildman–Crippen LogP) is 5.02. The first-order valence-electron chi connectivity index (χ1n) is 9.99. The Hall–Kier alpha value is -0.910. The summed E-state index contributed by atoms with van der Waals surface area (Å²) in [7, 11) is 1.94. The molecule has 0 radical (unpaired) electrons. The molecule has 0 spiro atoms. The van der Waals surface area contributed by atoms with E-state index in [4.69, 9.17) is 17.3 Å². The van der Waals surface area contributed by atoms with E-state index in [0.29, 0.717) is 24.5 Å². The van der Waals surface area contributed by atoms with Gasteiger partial charge in [0.2, 0.25) is 5.91 Å². The Labute approximate surface area is 174 Å². The van der Waals surface area contributed by atoms with Crippen LogP contribution in [0.15, 0.2) is 33.2 Å². The highest BCUT2D eigenvalue weighted by Gasteiger charge is 2.24. The number of rotatable bonds is 11. The molecule has 1 atom stereocenters. The average Bonchev–Trinajstić information content (AvgIpc) is 2.66. The van der Waals surface area contributed by atoms with Crippen molar-refractivity contribution in [2.24, 2.45) is 11.7 Å². The molecule has 4 N–H and O–H groups in total. The van der Waals surface area contributed by atoms with Gasteiger partial charge in [-0.3, -0.25) is 4.79 Å². The van der Waals surface area contributed by atoms with E-state index in [1.165, 1.54) is 43.9 Å². The molecule has 0 saturated heterocycles. The lowest BCUT2D eigenvalue weighted by molar-refractivity contribution is -0.122. The van der Waals surface area contributed by atoms with Crippen LogP contribution < -0.4 is 16.4 Å². The van der Waals surface area contributed by atoms with E-state index in [1.54, 1.807) is 0 Å². The van der Waals surface area contributed by atoms with E-state index in [-0.39, 0.29) is 11.9 Å². The third-order valence-electron chi connectivity index (χ3n) is 4.89. The van der Waals surface area contributed by atoms with Crippen molar-refractivity contribution in [3.05, 3.63) is 33.2 Å². The number of likely N-dealkylation sites (N-methyl/N-ethyl adjacent to an activating group) is 1. The van der Waals surface area contributed by atoms with Crippen molar-refractivity contribution in [1.82, 2.24) is 10.6 Å². The fourth-order valence-electron chi connectivity index (χ4n) is 3.30. The minimum atomic E-state index is 0.0970. The second kappa shape index (κ2) is 13.3. The minimum Gasteiger partial charge on any atom is -0.401 e. The smallest absolute Gasteiger partial charge is 0.220 e. The first-order valence-corrected chi connectivity index (χ1v) is 11.2. The average molecular weight is 414 g/mol. The number of halogens is 1. The molecule has 154 valence electrons. The van der Waals surface area contributed by atoms with Crippen LogP contribution in [0.25, 0.3) is 0 Å². The first-order chi connectivity index (χ1) is 12.9. The number of nitrogens with two attached hydrogens (primary N) is 1. The van der Waals surface area contributed by atoms with Crippen LogP contribution in [-0.4, -0.2) is 25.5 Å². The summed E-state index contributed by atoms with van der Waals surface area (Å²) in [4.78, 5) is 14.3. The summed E-state index contributed by atoms with van der Waals surface area (Å²) in [5, 5.41) is 7.22. The highest BCUT2D eigenvalue weighted by Crippen LogP contribution is 2.31. The molecule has 1 saturated carbocycles. The number of nitrogens with one attached hydrogen (secondary N) is 2. The summed E-state index contributed by atoms with van der Waals surface area (Å²) < 4.78 is 0. The van der Waals surface area contributed by atoms with Crippen molar-refractivity contribution in [1.29, 1.82) is 0 Å². The predicted molar refractivity (Wildman–Crippen MR) is 120 cm³/mol. The summed E-state index contributed by atoms with van der Waals surface area (Å²) in [6, 6.07) is 0.219. The van der Waals surface area contributed by atoms with Gasteiger partial charge in [-0.1, -0.05) is 56.1 Å². The topological polar surface area (TPSA) is 67.2 Å². The normalized spacial score (nSPS) is 18.0. The number of carbonyl (C=O) groups is 1. The Morgan fingerprint density at radius 1 is 1.33 bits per heavy atom. The third-order valence-corrected chi connectivity index (χ3v) is 6.42. The van der Waals surface area contributed by atoms with Crippen molar-refractivity contribution in [2.75, 3.05) is 13.6 Å². The zero-order valence-electron chi connectivity index (χ0n) is 17.1. The second-order valence-corrected chi connectivity index (χ2v) is 8.97.